The normalized spacial score (nSPS) is 32.2. The lowest BCUT2D eigenvalue weighted by Gasteiger charge is -2.21. The molecule has 100 valence electrons. The minimum Gasteiger partial charge on any atom is -0.465 e. The highest BCUT2D eigenvalue weighted by Crippen LogP contribution is 2.36. The minimum atomic E-state index is -0.906. The third kappa shape index (κ3) is 2.54. The predicted molar refractivity (Wildman–Crippen MR) is 61.6 cm³/mol. The molecule has 0 aromatic heterocycles. The van der Waals surface area contributed by atoms with Crippen molar-refractivity contribution in [2.45, 2.75) is 45.1 Å². The molecule has 1 saturated carbocycles. The van der Waals surface area contributed by atoms with Gasteiger partial charge in [-0.2, -0.15) is 0 Å². The van der Waals surface area contributed by atoms with Crippen molar-refractivity contribution in [3.63, 3.8) is 0 Å². The van der Waals surface area contributed by atoms with E-state index < -0.39 is 17.9 Å². The zero-order valence-corrected chi connectivity index (χ0v) is 10.5. The van der Waals surface area contributed by atoms with Gasteiger partial charge in [0.15, 0.2) is 5.92 Å². The molecule has 5 nitrogen and oxygen atoms in total. The smallest absolute Gasteiger partial charge is 0.321 e. The Morgan fingerprint density at radius 3 is 2.89 bits per heavy atom. The van der Waals surface area contributed by atoms with Gasteiger partial charge in [0.1, 0.15) is 11.9 Å². The fourth-order valence-corrected chi connectivity index (χ4v) is 2.76. The molecule has 0 amide bonds. The molecule has 1 saturated heterocycles. The van der Waals surface area contributed by atoms with Crippen molar-refractivity contribution in [2.75, 3.05) is 6.61 Å². The number of esters is 2. The monoisotopic (exact) mass is 254 g/mol. The number of rotatable bonds is 2. The molecule has 3 atom stereocenters. The molecule has 0 unspecified atom stereocenters. The summed E-state index contributed by atoms with van der Waals surface area (Å²) in [6, 6.07) is 0. The first-order valence-corrected chi connectivity index (χ1v) is 6.52. The lowest BCUT2D eigenvalue weighted by molar-refractivity contribution is -0.156. The van der Waals surface area contributed by atoms with E-state index >= 15 is 0 Å². The zero-order valence-electron chi connectivity index (χ0n) is 10.5. The number of Topliss-reactive ketones (excluding diaryl/α,β-unsaturated/α-hetero) is 1. The number of ether oxygens (including phenoxy) is 2. The van der Waals surface area contributed by atoms with Crippen LogP contribution < -0.4 is 0 Å². The van der Waals surface area contributed by atoms with Gasteiger partial charge in [-0.1, -0.05) is 0 Å². The summed E-state index contributed by atoms with van der Waals surface area (Å²) in [6.45, 7) is 1.92. The minimum absolute atomic E-state index is 0.109. The van der Waals surface area contributed by atoms with Crippen molar-refractivity contribution in [1.82, 2.24) is 0 Å². The third-order valence-electron chi connectivity index (χ3n) is 3.63. The number of hydrogen-bond acceptors (Lipinski definition) is 5. The van der Waals surface area contributed by atoms with Crippen LogP contribution >= 0.6 is 0 Å². The van der Waals surface area contributed by atoms with Crippen LogP contribution in [-0.4, -0.2) is 30.4 Å². The van der Waals surface area contributed by atoms with Crippen molar-refractivity contribution >= 4 is 17.7 Å². The van der Waals surface area contributed by atoms with Gasteiger partial charge >= 0.3 is 11.9 Å². The number of ketones is 1. The zero-order chi connectivity index (χ0) is 13.1. The summed E-state index contributed by atoms with van der Waals surface area (Å²) in [6.07, 6.45) is 2.92. The molecule has 18 heavy (non-hydrogen) atoms. The molecule has 0 aromatic rings. The molecule has 0 aromatic carbocycles. The lowest BCUT2D eigenvalue weighted by atomic mass is 9.81. The van der Waals surface area contributed by atoms with Crippen LogP contribution in [0.3, 0.4) is 0 Å². The van der Waals surface area contributed by atoms with E-state index in [0.717, 1.165) is 19.3 Å². The summed E-state index contributed by atoms with van der Waals surface area (Å²) in [5.41, 5.74) is 0. The van der Waals surface area contributed by atoms with Gasteiger partial charge in [0.05, 0.1) is 6.61 Å². The Morgan fingerprint density at radius 1 is 1.39 bits per heavy atom. The van der Waals surface area contributed by atoms with E-state index in [2.05, 4.69) is 0 Å². The number of hydrogen-bond donors (Lipinski definition) is 0. The summed E-state index contributed by atoms with van der Waals surface area (Å²) >= 11 is 0. The summed E-state index contributed by atoms with van der Waals surface area (Å²) in [5, 5.41) is 0. The molecule has 0 spiro atoms. The van der Waals surface area contributed by atoms with Crippen LogP contribution in [0, 0.1) is 11.8 Å². The fraction of sp³-hybridized carbons (Fsp3) is 0.769. The molecule has 2 fully saturated rings. The van der Waals surface area contributed by atoms with Gasteiger partial charge in [0.2, 0.25) is 0 Å². The first-order chi connectivity index (χ1) is 8.63. The molecule has 5 heteroatoms. The molecular weight excluding hydrogens is 236 g/mol. The maximum absolute atomic E-state index is 11.8. The summed E-state index contributed by atoms with van der Waals surface area (Å²) in [5.74, 6) is -2.21. The third-order valence-corrected chi connectivity index (χ3v) is 3.63. The predicted octanol–water partition coefficient (Wildman–Crippen LogP) is 1.24. The molecule has 0 N–H and O–H groups in total. The van der Waals surface area contributed by atoms with E-state index in [1.165, 1.54) is 0 Å². The highest BCUT2D eigenvalue weighted by Gasteiger charge is 2.50. The summed E-state index contributed by atoms with van der Waals surface area (Å²) in [7, 11) is 0. The van der Waals surface area contributed by atoms with Crippen molar-refractivity contribution < 1.29 is 23.9 Å². The molecule has 1 aliphatic heterocycles. The molecule has 2 aliphatic rings. The van der Waals surface area contributed by atoms with Gasteiger partial charge in [0, 0.05) is 18.8 Å². The van der Waals surface area contributed by atoms with Crippen molar-refractivity contribution in [2.24, 2.45) is 11.8 Å². The van der Waals surface area contributed by atoms with Crippen LogP contribution in [0.5, 0.6) is 0 Å². The van der Waals surface area contributed by atoms with E-state index in [1.54, 1.807) is 6.92 Å². The van der Waals surface area contributed by atoms with E-state index in [4.69, 9.17) is 9.47 Å². The Balaban J connectivity index is 2.16. The first kappa shape index (κ1) is 13.1. The lowest BCUT2D eigenvalue weighted by Crippen LogP contribution is -2.32. The van der Waals surface area contributed by atoms with Crippen molar-refractivity contribution in [3.05, 3.63) is 0 Å². The van der Waals surface area contributed by atoms with Gasteiger partial charge in [0.25, 0.3) is 0 Å². The standard InChI is InChI=1S/C13H18O5/c1-2-17-12(15)11-9-7-8(14)5-3-4-6-10(9)18-13(11)16/h9-11H,2-7H2,1H3/t9-,10-,11-/m1/s1. The van der Waals surface area contributed by atoms with Gasteiger partial charge in [-0.3, -0.25) is 14.4 Å². The summed E-state index contributed by atoms with van der Waals surface area (Å²) < 4.78 is 10.1. The molecule has 0 radical (unpaired) electrons. The largest absolute Gasteiger partial charge is 0.465 e. The fourth-order valence-electron chi connectivity index (χ4n) is 2.76. The molecule has 2 rings (SSSR count). The quantitative estimate of drug-likeness (QED) is 0.547. The molecule has 1 heterocycles. The number of carbonyl (C=O) groups excluding carboxylic acids is 3. The van der Waals surface area contributed by atoms with E-state index in [-0.39, 0.29) is 30.8 Å². The Morgan fingerprint density at radius 2 is 2.17 bits per heavy atom. The maximum Gasteiger partial charge on any atom is 0.321 e. The van der Waals surface area contributed by atoms with Crippen LogP contribution in [0.2, 0.25) is 0 Å². The van der Waals surface area contributed by atoms with E-state index in [9.17, 15) is 14.4 Å². The van der Waals surface area contributed by atoms with Gasteiger partial charge in [-0.25, -0.2) is 0 Å². The van der Waals surface area contributed by atoms with Gasteiger partial charge < -0.3 is 9.47 Å². The summed E-state index contributed by atoms with van der Waals surface area (Å²) in [4.78, 5) is 35.2. The average molecular weight is 254 g/mol. The average Bonchev–Trinajstić information content (AvgIpc) is 2.58. The Hall–Kier alpha value is -1.39. The highest BCUT2D eigenvalue weighted by atomic mass is 16.6. The number of carbonyl (C=O) groups is 3. The van der Waals surface area contributed by atoms with E-state index in [0.29, 0.717) is 6.42 Å². The van der Waals surface area contributed by atoms with Gasteiger partial charge in [-0.15, -0.1) is 0 Å². The van der Waals surface area contributed by atoms with Crippen LogP contribution in [-0.2, 0) is 23.9 Å². The molecule has 0 bridgehead atoms. The second-order valence-corrected chi connectivity index (χ2v) is 4.86. The first-order valence-electron chi connectivity index (χ1n) is 6.52. The van der Waals surface area contributed by atoms with E-state index in [1.807, 2.05) is 0 Å². The second kappa shape index (κ2) is 5.50. The van der Waals surface area contributed by atoms with Crippen molar-refractivity contribution in [3.8, 4) is 0 Å². The topological polar surface area (TPSA) is 69.7 Å². The second-order valence-electron chi connectivity index (χ2n) is 4.86. The van der Waals surface area contributed by atoms with Crippen molar-refractivity contribution in [1.29, 1.82) is 0 Å². The van der Waals surface area contributed by atoms with Crippen LogP contribution in [0.15, 0.2) is 0 Å². The highest BCUT2D eigenvalue weighted by molar-refractivity contribution is 5.97. The Kier molecular flexibility index (Phi) is 3.99. The van der Waals surface area contributed by atoms with Crippen LogP contribution in [0.4, 0.5) is 0 Å². The number of fused-ring (bicyclic) bond motifs is 1. The molecular formula is C13H18O5. The van der Waals surface area contributed by atoms with Crippen LogP contribution in [0.25, 0.3) is 0 Å². The maximum atomic E-state index is 11.8. The van der Waals surface area contributed by atoms with Crippen LogP contribution in [0.1, 0.15) is 39.0 Å². The molecule has 1 aliphatic carbocycles. The van der Waals surface area contributed by atoms with Gasteiger partial charge in [-0.05, 0) is 26.2 Å². The Labute approximate surface area is 106 Å². The SMILES string of the molecule is CCOC(=O)[C@@H]1C(=O)O[C@@H]2CCCCC(=O)C[C@@H]12. The Bertz CT molecular complexity index is 362.